The normalized spacial score (nSPS) is 19.4. The van der Waals surface area contributed by atoms with Crippen LogP contribution in [0.4, 0.5) is 4.79 Å². The highest BCUT2D eigenvalue weighted by molar-refractivity contribution is 6.42. The molecule has 1 fully saturated rings. The van der Waals surface area contributed by atoms with Crippen LogP contribution < -0.4 is 10.1 Å². The van der Waals surface area contributed by atoms with Crippen LogP contribution >= 0.6 is 23.2 Å². The third kappa shape index (κ3) is 5.17. The monoisotopic (exact) mass is 490 g/mol. The van der Waals surface area contributed by atoms with E-state index in [1.54, 1.807) is 42.5 Å². The Kier molecular flexibility index (Phi) is 7.10. The van der Waals surface area contributed by atoms with Gasteiger partial charge in [0.25, 0.3) is 5.91 Å². The Balaban J connectivity index is 1.88. The van der Waals surface area contributed by atoms with Crippen LogP contribution in [-0.2, 0) is 15.1 Å². The summed E-state index contributed by atoms with van der Waals surface area (Å²) in [5.74, 6) is -0.265. The average Bonchev–Trinajstić information content (AvgIpc) is 2.92. The molecule has 0 spiro atoms. The molecular weight excluding hydrogens is 463 g/mol. The van der Waals surface area contributed by atoms with Crippen molar-refractivity contribution in [2.24, 2.45) is 11.3 Å². The van der Waals surface area contributed by atoms with Crippen LogP contribution in [0.15, 0.2) is 42.5 Å². The van der Waals surface area contributed by atoms with Gasteiger partial charge in [0.1, 0.15) is 5.75 Å². The van der Waals surface area contributed by atoms with Gasteiger partial charge in [-0.1, -0.05) is 69.1 Å². The number of hydrogen-bond acceptors (Lipinski definition) is 4. The largest absolute Gasteiger partial charge is 0.427 e. The van der Waals surface area contributed by atoms with Crippen molar-refractivity contribution in [1.29, 1.82) is 0 Å². The Hall–Kier alpha value is -2.57. The molecule has 0 aromatic heterocycles. The summed E-state index contributed by atoms with van der Waals surface area (Å²) in [6.07, 6.45) is 1.22. The molecule has 3 amide bonds. The third-order valence-electron chi connectivity index (χ3n) is 5.67. The molecule has 0 radical (unpaired) electrons. The molecule has 0 aliphatic carbocycles. The maximum atomic E-state index is 13.1. The number of esters is 1. The molecule has 2 unspecified atom stereocenters. The summed E-state index contributed by atoms with van der Waals surface area (Å²) < 4.78 is 5.51. The molecule has 3 rings (SSSR count). The van der Waals surface area contributed by atoms with Gasteiger partial charge in [-0.3, -0.25) is 14.9 Å². The number of likely N-dealkylation sites (N-methyl/N-ethyl adjacent to an activating group) is 1. The van der Waals surface area contributed by atoms with E-state index < -0.39 is 17.5 Å². The summed E-state index contributed by atoms with van der Waals surface area (Å²) in [7, 11) is 1.54. The van der Waals surface area contributed by atoms with Crippen molar-refractivity contribution in [1.82, 2.24) is 10.2 Å². The molecule has 0 saturated carbocycles. The average molecular weight is 491 g/mol. The summed E-state index contributed by atoms with van der Waals surface area (Å²) in [5.41, 5.74) is -0.295. The highest BCUT2D eigenvalue weighted by Crippen LogP contribution is 2.41. The van der Waals surface area contributed by atoms with Crippen LogP contribution in [0.3, 0.4) is 0 Å². The number of carbonyl (C=O) groups is 3. The van der Waals surface area contributed by atoms with Gasteiger partial charge in [-0.15, -0.1) is 0 Å². The fourth-order valence-corrected chi connectivity index (χ4v) is 4.75. The van der Waals surface area contributed by atoms with E-state index in [1.807, 2.05) is 6.92 Å². The molecule has 0 bridgehead atoms. The summed E-state index contributed by atoms with van der Waals surface area (Å²) in [6.45, 7) is 8.44. The second-order valence-corrected chi connectivity index (χ2v) is 10.5. The van der Waals surface area contributed by atoms with Gasteiger partial charge in [0.15, 0.2) is 5.54 Å². The molecule has 1 heterocycles. The van der Waals surface area contributed by atoms with Gasteiger partial charge in [0.05, 0.1) is 10.0 Å². The number of nitrogens with one attached hydrogen (secondary N) is 1. The summed E-state index contributed by atoms with van der Waals surface area (Å²) in [4.78, 5) is 39.2. The summed E-state index contributed by atoms with van der Waals surface area (Å²) in [5, 5.41) is 2.97. The zero-order chi connectivity index (χ0) is 24.6. The number of carbonyl (C=O) groups excluding carboxylic acids is 3. The third-order valence-corrected chi connectivity index (χ3v) is 6.41. The van der Waals surface area contributed by atoms with Crippen LogP contribution in [0.5, 0.6) is 5.75 Å². The van der Waals surface area contributed by atoms with Crippen molar-refractivity contribution < 1.29 is 19.1 Å². The Morgan fingerprint density at radius 2 is 1.67 bits per heavy atom. The van der Waals surface area contributed by atoms with E-state index in [9.17, 15) is 14.4 Å². The lowest BCUT2D eigenvalue weighted by Gasteiger charge is -2.34. The molecule has 2 atom stereocenters. The quantitative estimate of drug-likeness (QED) is 0.316. The van der Waals surface area contributed by atoms with E-state index in [0.29, 0.717) is 28.3 Å². The molecular formula is C25H28Cl2N2O4. The van der Waals surface area contributed by atoms with Crippen LogP contribution in [-0.4, -0.2) is 29.9 Å². The number of benzene rings is 2. The lowest BCUT2D eigenvalue weighted by atomic mass is 9.81. The van der Waals surface area contributed by atoms with E-state index in [-0.39, 0.29) is 22.3 Å². The Bertz CT molecular complexity index is 1080. The van der Waals surface area contributed by atoms with Gasteiger partial charge < -0.3 is 9.64 Å². The first-order valence-corrected chi connectivity index (χ1v) is 11.5. The predicted molar refractivity (Wildman–Crippen MR) is 128 cm³/mol. The molecule has 8 heteroatoms. The van der Waals surface area contributed by atoms with Crippen molar-refractivity contribution in [2.75, 3.05) is 7.05 Å². The SMILES string of the molecule is CC(CC(=O)Oc1ccc(C2(c3ccc(Cl)c(Cl)c3)C(=O)NC(=O)N2C)cc1)CC(C)(C)C. The Morgan fingerprint density at radius 1 is 1.06 bits per heavy atom. The van der Waals surface area contributed by atoms with Crippen LogP contribution in [0.2, 0.25) is 10.0 Å². The van der Waals surface area contributed by atoms with E-state index >= 15 is 0 Å². The first-order valence-electron chi connectivity index (χ1n) is 10.7. The number of rotatable bonds is 6. The van der Waals surface area contributed by atoms with Gasteiger partial charge in [0.2, 0.25) is 0 Å². The number of nitrogens with zero attached hydrogens (tertiary/aromatic N) is 1. The van der Waals surface area contributed by atoms with Gasteiger partial charge in [-0.2, -0.15) is 0 Å². The van der Waals surface area contributed by atoms with Crippen molar-refractivity contribution in [3.63, 3.8) is 0 Å². The minimum absolute atomic E-state index is 0.130. The van der Waals surface area contributed by atoms with Gasteiger partial charge in [0, 0.05) is 13.5 Å². The predicted octanol–water partition coefficient (Wildman–Crippen LogP) is 5.79. The molecule has 1 saturated heterocycles. The second-order valence-electron chi connectivity index (χ2n) is 9.73. The van der Waals surface area contributed by atoms with Gasteiger partial charge in [-0.05, 0) is 53.1 Å². The molecule has 176 valence electrons. The number of amides is 3. The summed E-state index contributed by atoms with van der Waals surface area (Å²) in [6, 6.07) is 10.8. The fraction of sp³-hybridized carbons (Fsp3) is 0.400. The molecule has 1 aliphatic heterocycles. The minimum Gasteiger partial charge on any atom is -0.427 e. The number of imide groups is 1. The van der Waals surface area contributed by atoms with Crippen LogP contribution in [0, 0.1) is 11.3 Å². The smallest absolute Gasteiger partial charge is 0.325 e. The first kappa shape index (κ1) is 25.1. The van der Waals surface area contributed by atoms with Crippen LogP contribution in [0.1, 0.15) is 51.7 Å². The van der Waals surface area contributed by atoms with E-state index in [0.717, 1.165) is 6.42 Å². The lowest BCUT2D eigenvalue weighted by Crippen LogP contribution is -2.45. The minimum atomic E-state index is -1.44. The molecule has 33 heavy (non-hydrogen) atoms. The lowest BCUT2D eigenvalue weighted by molar-refractivity contribution is -0.135. The fourth-order valence-electron chi connectivity index (χ4n) is 4.45. The maximum absolute atomic E-state index is 13.1. The van der Waals surface area contributed by atoms with Crippen molar-refractivity contribution in [3.05, 3.63) is 63.6 Å². The van der Waals surface area contributed by atoms with Crippen molar-refractivity contribution in [3.8, 4) is 5.75 Å². The van der Waals surface area contributed by atoms with Gasteiger partial charge in [-0.25, -0.2) is 4.79 Å². The molecule has 2 aromatic carbocycles. The molecule has 6 nitrogen and oxygen atoms in total. The highest BCUT2D eigenvalue weighted by Gasteiger charge is 2.54. The molecule has 2 aromatic rings. The Labute approximate surface area is 204 Å². The first-order chi connectivity index (χ1) is 15.3. The van der Waals surface area contributed by atoms with Gasteiger partial charge >= 0.3 is 12.0 Å². The topological polar surface area (TPSA) is 75.7 Å². The Morgan fingerprint density at radius 3 is 2.18 bits per heavy atom. The molecule has 1 aliphatic rings. The molecule has 1 N–H and O–H groups in total. The van der Waals surface area contributed by atoms with Crippen LogP contribution in [0.25, 0.3) is 0 Å². The van der Waals surface area contributed by atoms with E-state index in [2.05, 4.69) is 26.1 Å². The van der Waals surface area contributed by atoms with Crippen molar-refractivity contribution in [2.45, 2.75) is 46.1 Å². The maximum Gasteiger partial charge on any atom is 0.325 e. The zero-order valence-corrected chi connectivity index (χ0v) is 20.9. The summed E-state index contributed by atoms with van der Waals surface area (Å²) >= 11 is 12.3. The second kappa shape index (κ2) is 9.35. The number of halogens is 2. The number of urea groups is 1. The standard InChI is InChI=1S/C25H28Cl2N2O4/c1-15(14-24(2,3)4)12-21(30)33-18-9-6-16(7-10-18)25(22(31)28-23(32)29(25)5)17-8-11-19(26)20(27)13-17/h6-11,13,15H,12,14H2,1-5H3,(H,28,31,32). The van der Waals surface area contributed by atoms with E-state index in [1.165, 1.54) is 11.9 Å². The van der Waals surface area contributed by atoms with E-state index in [4.69, 9.17) is 27.9 Å². The zero-order valence-electron chi connectivity index (χ0n) is 19.4. The van der Waals surface area contributed by atoms with Crippen molar-refractivity contribution >= 4 is 41.1 Å². The number of ether oxygens (including phenoxy) is 1. The number of hydrogen-bond donors (Lipinski definition) is 1. The highest BCUT2D eigenvalue weighted by atomic mass is 35.5.